The maximum atomic E-state index is 9.90. The normalized spacial score (nSPS) is 7.88. The average molecular weight is 254 g/mol. The fraction of sp³-hybridized carbons (Fsp3) is 0.667. The molecule has 0 fully saturated rings. The molecular formula is C9H18O8. The van der Waals surface area contributed by atoms with E-state index in [1.54, 1.807) is 0 Å². The van der Waals surface area contributed by atoms with Gasteiger partial charge in [-0.25, -0.2) is 0 Å². The summed E-state index contributed by atoms with van der Waals surface area (Å²) in [6, 6.07) is 0. The topological polar surface area (TPSA) is 152 Å². The van der Waals surface area contributed by atoms with Gasteiger partial charge in [0.1, 0.15) is 0 Å². The Hall–Kier alpha value is -1.67. The summed E-state index contributed by atoms with van der Waals surface area (Å²) in [5.41, 5.74) is 0. The minimum absolute atomic E-state index is 0.0628. The number of carboxylic acid groups (broad SMARTS) is 3. The molecule has 0 aliphatic heterocycles. The second kappa shape index (κ2) is 19.8. The third-order valence-electron chi connectivity index (χ3n) is 1.13. The van der Waals surface area contributed by atoms with Crippen molar-refractivity contribution < 1.29 is 39.9 Å². The summed E-state index contributed by atoms with van der Waals surface area (Å²) in [6.07, 6.45) is 1.02. The number of carboxylic acids is 2. The summed E-state index contributed by atoms with van der Waals surface area (Å²) in [7, 11) is 0. The van der Waals surface area contributed by atoms with Crippen LogP contribution in [0.4, 0.5) is 0 Å². The van der Waals surface area contributed by atoms with Crippen molar-refractivity contribution in [2.24, 2.45) is 0 Å². The molecule has 0 spiro atoms. The molecule has 0 heterocycles. The Labute approximate surface area is 98.1 Å². The molecule has 0 aromatic carbocycles. The zero-order chi connectivity index (χ0) is 14.1. The molecule has 0 aromatic rings. The van der Waals surface area contributed by atoms with Gasteiger partial charge in [-0.05, 0) is 12.8 Å². The second-order valence-electron chi connectivity index (χ2n) is 2.55. The quantitative estimate of drug-likeness (QED) is 0.311. The van der Waals surface area contributed by atoms with Crippen molar-refractivity contribution in [3.05, 3.63) is 0 Å². The van der Waals surface area contributed by atoms with Gasteiger partial charge >= 0.3 is 11.9 Å². The maximum Gasteiger partial charge on any atom is 0.303 e. The van der Waals surface area contributed by atoms with Gasteiger partial charge in [0, 0.05) is 12.8 Å². The van der Waals surface area contributed by atoms with Gasteiger partial charge in [0.25, 0.3) is 6.47 Å². The Bertz CT molecular complexity index is 173. The highest BCUT2D eigenvalue weighted by molar-refractivity contribution is 5.67. The zero-order valence-corrected chi connectivity index (χ0v) is 9.28. The lowest BCUT2D eigenvalue weighted by molar-refractivity contribution is -0.139. The first-order valence-corrected chi connectivity index (χ1v) is 4.69. The maximum absolute atomic E-state index is 9.90. The van der Waals surface area contributed by atoms with Gasteiger partial charge < -0.3 is 25.5 Å². The van der Waals surface area contributed by atoms with Crippen molar-refractivity contribution in [2.45, 2.75) is 25.7 Å². The number of aliphatic hydroxyl groups is 2. The number of hydrogen-bond donors (Lipinski definition) is 5. The molecule has 0 bridgehead atoms. The number of rotatable bonds is 6. The van der Waals surface area contributed by atoms with Crippen molar-refractivity contribution in [3.8, 4) is 0 Å². The van der Waals surface area contributed by atoms with E-state index in [-0.39, 0.29) is 32.5 Å². The van der Waals surface area contributed by atoms with Crippen LogP contribution in [0.2, 0.25) is 0 Å². The van der Waals surface area contributed by atoms with E-state index < -0.39 is 11.9 Å². The highest BCUT2D eigenvalue weighted by Crippen LogP contribution is 1.98. The van der Waals surface area contributed by atoms with Crippen LogP contribution in [0.25, 0.3) is 0 Å². The van der Waals surface area contributed by atoms with E-state index in [1.807, 2.05) is 0 Å². The molecule has 0 saturated heterocycles. The summed E-state index contributed by atoms with van der Waals surface area (Å²) in [5, 5.41) is 38.4. The smallest absolute Gasteiger partial charge is 0.303 e. The molecule has 0 saturated carbocycles. The number of hydrogen-bond acceptors (Lipinski definition) is 5. The molecule has 8 heteroatoms. The largest absolute Gasteiger partial charge is 0.483 e. The first kappa shape index (κ1) is 20.7. The van der Waals surface area contributed by atoms with Gasteiger partial charge in [0.15, 0.2) is 0 Å². The third-order valence-corrected chi connectivity index (χ3v) is 1.13. The van der Waals surface area contributed by atoms with Crippen LogP contribution in [-0.2, 0) is 14.4 Å². The van der Waals surface area contributed by atoms with Gasteiger partial charge in [-0.15, -0.1) is 0 Å². The highest BCUT2D eigenvalue weighted by Gasteiger charge is 1.99. The number of unbranched alkanes of at least 4 members (excludes halogenated alkanes) is 1. The van der Waals surface area contributed by atoms with E-state index in [4.69, 9.17) is 30.3 Å². The molecule has 0 radical (unpaired) electrons. The SMILES string of the molecule is O=C(O)CCCCC(=O)O.O=CO.OCCO. The molecule has 17 heavy (non-hydrogen) atoms. The van der Waals surface area contributed by atoms with E-state index in [0.717, 1.165) is 0 Å². The lowest BCUT2D eigenvalue weighted by Crippen LogP contribution is -1.97. The van der Waals surface area contributed by atoms with E-state index in [2.05, 4.69) is 0 Å². The van der Waals surface area contributed by atoms with E-state index in [0.29, 0.717) is 12.8 Å². The molecule has 0 aliphatic rings. The molecule has 0 aromatic heterocycles. The molecule has 5 N–H and O–H groups in total. The third kappa shape index (κ3) is 54.4. The first-order valence-electron chi connectivity index (χ1n) is 4.69. The Balaban J connectivity index is -0.000000232. The molecule has 0 atom stereocenters. The number of carbonyl (C=O) groups is 3. The van der Waals surface area contributed by atoms with Crippen molar-refractivity contribution >= 4 is 18.4 Å². The average Bonchev–Trinajstić information content (AvgIpc) is 2.25. The van der Waals surface area contributed by atoms with Crippen LogP contribution in [-0.4, -0.2) is 57.2 Å². The van der Waals surface area contributed by atoms with Crippen molar-refractivity contribution in [2.75, 3.05) is 13.2 Å². The van der Waals surface area contributed by atoms with Gasteiger partial charge in [-0.3, -0.25) is 14.4 Å². The van der Waals surface area contributed by atoms with Crippen molar-refractivity contribution in [3.63, 3.8) is 0 Å². The van der Waals surface area contributed by atoms with Crippen molar-refractivity contribution in [1.82, 2.24) is 0 Å². The van der Waals surface area contributed by atoms with Crippen LogP contribution in [0, 0.1) is 0 Å². The molecule has 102 valence electrons. The second-order valence-corrected chi connectivity index (χ2v) is 2.55. The predicted octanol–water partition coefficient (Wildman–Crippen LogP) is -0.612. The van der Waals surface area contributed by atoms with Crippen LogP contribution in [0.5, 0.6) is 0 Å². The van der Waals surface area contributed by atoms with Crippen LogP contribution < -0.4 is 0 Å². The van der Waals surface area contributed by atoms with Crippen molar-refractivity contribution in [1.29, 1.82) is 0 Å². The summed E-state index contributed by atoms with van der Waals surface area (Å²) in [4.78, 5) is 28.2. The fourth-order valence-electron chi connectivity index (χ4n) is 0.552. The standard InChI is InChI=1S/C6H10O4.C2H6O2.CH2O2/c7-5(8)3-1-2-4-6(9)10;3-1-2-4;2-1-3/h1-4H2,(H,7,8)(H,9,10);3-4H,1-2H2;1H,(H,2,3). The Morgan fingerprint density at radius 2 is 1.12 bits per heavy atom. The molecule has 0 rings (SSSR count). The number of aliphatic hydroxyl groups excluding tert-OH is 2. The molecular weight excluding hydrogens is 236 g/mol. The summed E-state index contributed by atoms with van der Waals surface area (Å²) >= 11 is 0. The van der Waals surface area contributed by atoms with Crippen LogP contribution in [0.15, 0.2) is 0 Å². The monoisotopic (exact) mass is 254 g/mol. The summed E-state index contributed by atoms with van der Waals surface area (Å²) in [6.45, 7) is -0.500. The van der Waals surface area contributed by atoms with Crippen LogP contribution >= 0.6 is 0 Å². The molecule has 0 amide bonds. The number of aliphatic carboxylic acids is 2. The predicted molar refractivity (Wildman–Crippen MR) is 56.6 cm³/mol. The van der Waals surface area contributed by atoms with Crippen LogP contribution in [0.1, 0.15) is 25.7 Å². The Kier molecular flexibility index (Phi) is 24.2. The van der Waals surface area contributed by atoms with Crippen LogP contribution in [0.3, 0.4) is 0 Å². The minimum atomic E-state index is -0.870. The lowest BCUT2D eigenvalue weighted by Gasteiger charge is -1.92. The highest BCUT2D eigenvalue weighted by atomic mass is 16.4. The lowest BCUT2D eigenvalue weighted by atomic mass is 10.2. The zero-order valence-electron chi connectivity index (χ0n) is 9.28. The summed E-state index contributed by atoms with van der Waals surface area (Å²) < 4.78 is 0. The van der Waals surface area contributed by atoms with E-state index >= 15 is 0 Å². The van der Waals surface area contributed by atoms with Gasteiger partial charge in [-0.1, -0.05) is 0 Å². The Morgan fingerprint density at radius 1 is 0.882 bits per heavy atom. The molecule has 8 nitrogen and oxygen atoms in total. The first-order chi connectivity index (χ1) is 7.95. The Morgan fingerprint density at radius 3 is 1.24 bits per heavy atom. The molecule has 0 unspecified atom stereocenters. The fourth-order valence-corrected chi connectivity index (χ4v) is 0.552. The minimum Gasteiger partial charge on any atom is -0.483 e. The summed E-state index contributed by atoms with van der Waals surface area (Å²) in [5.74, 6) is -1.74. The van der Waals surface area contributed by atoms with Gasteiger partial charge in [0.2, 0.25) is 0 Å². The van der Waals surface area contributed by atoms with E-state index in [1.165, 1.54) is 0 Å². The van der Waals surface area contributed by atoms with E-state index in [9.17, 15) is 9.59 Å². The molecule has 0 aliphatic carbocycles. The van der Waals surface area contributed by atoms with Gasteiger partial charge in [-0.2, -0.15) is 0 Å². The van der Waals surface area contributed by atoms with Gasteiger partial charge in [0.05, 0.1) is 13.2 Å².